The molecule has 0 fully saturated rings. The number of carboxylic acids is 2. The van der Waals surface area contributed by atoms with Crippen molar-refractivity contribution in [1.82, 2.24) is 0 Å². The predicted octanol–water partition coefficient (Wildman–Crippen LogP) is 2.26. The third-order valence-corrected chi connectivity index (χ3v) is 6.54. The van der Waals surface area contributed by atoms with Crippen molar-refractivity contribution in [3.63, 3.8) is 0 Å². The van der Waals surface area contributed by atoms with E-state index in [0.717, 1.165) is 13.2 Å². The van der Waals surface area contributed by atoms with Gasteiger partial charge in [0.15, 0.2) is 11.6 Å². The molecule has 0 aliphatic heterocycles. The molecule has 188 valence electrons. The van der Waals surface area contributed by atoms with Crippen LogP contribution in [0, 0.1) is 11.8 Å². The molecule has 0 saturated carbocycles. The number of aliphatic carboxylic acids is 2. The maximum atomic E-state index is 11.6. The molecule has 2 aromatic rings. The van der Waals surface area contributed by atoms with Crippen molar-refractivity contribution in [2.45, 2.75) is 40.5 Å². The zero-order chi connectivity index (χ0) is 26.6. The SMILES string of the molecule is CCC(C(=O)[O-])C(=O)c1ccccc1.CCC(C(=O)[O-])C(=O)c1ccccc1.CC[O][Zr+2][O]CC. The first kappa shape index (κ1) is 32.5. The molecule has 0 aromatic heterocycles. The molecule has 2 atom stereocenters. The van der Waals surface area contributed by atoms with E-state index in [0.29, 0.717) is 11.1 Å². The Labute approximate surface area is 219 Å². The normalized spacial score (nSPS) is 11.3. The summed E-state index contributed by atoms with van der Waals surface area (Å²) in [6, 6.07) is 16.8. The van der Waals surface area contributed by atoms with Crippen LogP contribution in [0.15, 0.2) is 60.7 Å². The summed E-state index contributed by atoms with van der Waals surface area (Å²) in [6.45, 7) is 8.90. The van der Waals surface area contributed by atoms with Crippen molar-refractivity contribution in [1.29, 1.82) is 0 Å². The number of rotatable bonds is 12. The summed E-state index contributed by atoms with van der Waals surface area (Å²) in [5.74, 6) is -5.43. The van der Waals surface area contributed by atoms with E-state index < -0.39 is 47.9 Å². The molecule has 0 aliphatic rings. The summed E-state index contributed by atoms with van der Waals surface area (Å²) < 4.78 is 10.0. The number of Topliss-reactive ketones (excluding diaryl/α,β-unsaturated/α-hetero) is 2. The van der Waals surface area contributed by atoms with E-state index in [-0.39, 0.29) is 24.4 Å². The van der Waals surface area contributed by atoms with Crippen LogP contribution < -0.4 is 10.2 Å². The molecule has 2 rings (SSSR count). The Balaban J connectivity index is 0.000000526. The first-order chi connectivity index (χ1) is 16.7. The molecule has 0 bridgehead atoms. The van der Waals surface area contributed by atoms with E-state index in [1.165, 1.54) is 0 Å². The van der Waals surface area contributed by atoms with Crippen LogP contribution in [0.25, 0.3) is 0 Å². The molecule has 8 nitrogen and oxygen atoms in total. The van der Waals surface area contributed by atoms with Crippen molar-refractivity contribution in [2.24, 2.45) is 11.8 Å². The standard InChI is InChI=1S/2C11H12O3.2C2H5O.Zr/c2*1-2-9(11(13)14)10(12)8-6-4-3-5-7-8;2*1-2-3;/h2*3-7,9H,2H2,1H3,(H,13,14);2*2H2,1H3;/q;;2*-1;+4/p-2. The Hall–Kier alpha value is -2.48. The number of benzene rings is 2. The molecule has 0 spiro atoms. The van der Waals surface area contributed by atoms with Crippen molar-refractivity contribution < 1.29 is 59.1 Å². The minimum absolute atomic E-state index is 0.260. The second-order valence-electron chi connectivity index (χ2n) is 6.97. The minimum atomic E-state index is -1.30. The van der Waals surface area contributed by atoms with Gasteiger partial charge in [-0.3, -0.25) is 9.59 Å². The van der Waals surface area contributed by atoms with Gasteiger partial charge in [-0.1, -0.05) is 74.5 Å². The van der Waals surface area contributed by atoms with Gasteiger partial charge >= 0.3 is 56.8 Å². The number of carbonyl (C=O) groups is 4. The number of hydrogen-bond donors (Lipinski definition) is 0. The maximum absolute atomic E-state index is 11.6. The van der Waals surface area contributed by atoms with Crippen molar-refractivity contribution in [3.8, 4) is 0 Å². The van der Waals surface area contributed by atoms with Crippen LogP contribution >= 0.6 is 0 Å². The first-order valence-electron chi connectivity index (χ1n) is 11.3. The predicted molar refractivity (Wildman–Crippen MR) is 122 cm³/mol. The number of ketones is 2. The number of hydrogen-bond acceptors (Lipinski definition) is 8. The van der Waals surface area contributed by atoms with Gasteiger partial charge in [0.05, 0.1) is 23.8 Å². The average molecular weight is 564 g/mol. The van der Waals surface area contributed by atoms with Gasteiger partial charge in [-0.25, -0.2) is 0 Å². The van der Waals surface area contributed by atoms with E-state index in [9.17, 15) is 29.4 Å². The van der Waals surface area contributed by atoms with Crippen molar-refractivity contribution >= 4 is 23.5 Å². The number of carboxylic acid groups (broad SMARTS) is 2. The molecule has 0 N–H and O–H groups in total. The third-order valence-electron chi connectivity index (χ3n) is 4.54. The van der Waals surface area contributed by atoms with Crippen molar-refractivity contribution in [3.05, 3.63) is 71.8 Å². The second kappa shape index (κ2) is 19.8. The summed E-state index contributed by atoms with van der Waals surface area (Å²) in [5, 5.41) is 21.2. The summed E-state index contributed by atoms with van der Waals surface area (Å²) >= 11 is -0.819. The van der Waals surface area contributed by atoms with E-state index in [1.807, 2.05) is 13.8 Å². The van der Waals surface area contributed by atoms with E-state index in [1.54, 1.807) is 74.5 Å². The van der Waals surface area contributed by atoms with Gasteiger partial charge in [-0.2, -0.15) is 0 Å². The fourth-order valence-electron chi connectivity index (χ4n) is 2.68. The Morgan fingerprint density at radius 3 is 1.20 bits per heavy atom. The van der Waals surface area contributed by atoms with Gasteiger partial charge in [0, 0.05) is 11.1 Å². The molecular formula is C26H32O8Zr. The van der Waals surface area contributed by atoms with Crippen LogP contribution in [-0.4, -0.2) is 36.7 Å². The molecule has 0 radical (unpaired) electrons. The quantitative estimate of drug-likeness (QED) is 0.218. The zero-order valence-electron chi connectivity index (χ0n) is 20.5. The summed E-state index contributed by atoms with van der Waals surface area (Å²) in [6.07, 6.45) is 0.520. The summed E-state index contributed by atoms with van der Waals surface area (Å²) in [4.78, 5) is 44.4. The summed E-state index contributed by atoms with van der Waals surface area (Å²) in [7, 11) is 0. The van der Waals surface area contributed by atoms with E-state index in [2.05, 4.69) is 0 Å². The van der Waals surface area contributed by atoms with Gasteiger partial charge in [0.1, 0.15) is 0 Å². The van der Waals surface area contributed by atoms with E-state index >= 15 is 0 Å². The van der Waals surface area contributed by atoms with Crippen LogP contribution in [0.1, 0.15) is 61.3 Å². The topological polar surface area (TPSA) is 133 Å². The molecule has 2 unspecified atom stereocenters. The van der Waals surface area contributed by atoms with Crippen LogP contribution in [0.5, 0.6) is 0 Å². The van der Waals surface area contributed by atoms with Crippen molar-refractivity contribution in [2.75, 3.05) is 13.2 Å². The van der Waals surface area contributed by atoms with Gasteiger partial charge in [-0.05, 0) is 12.8 Å². The molecule has 0 saturated heterocycles. The Morgan fingerprint density at radius 2 is 0.971 bits per heavy atom. The Bertz CT molecular complexity index is 813. The van der Waals surface area contributed by atoms with Crippen LogP contribution in [0.3, 0.4) is 0 Å². The van der Waals surface area contributed by atoms with Gasteiger partial charge in [0.25, 0.3) is 0 Å². The zero-order valence-corrected chi connectivity index (χ0v) is 23.0. The molecule has 0 amide bonds. The third kappa shape index (κ3) is 13.3. The molecule has 0 heterocycles. The number of carbonyl (C=O) groups excluding carboxylic acids is 4. The fraction of sp³-hybridized carbons (Fsp3) is 0.385. The monoisotopic (exact) mass is 562 g/mol. The molecule has 9 heteroatoms. The Kier molecular flexibility index (Phi) is 18.4. The Morgan fingerprint density at radius 1 is 0.657 bits per heavy atom. The second-order valence-corrected chi connectivity index (χ2v) is 8.80. The van der Waals surface area contributed by atoms with E-state index in [4.69, 9.17) is 5.63 Å². The summed E-state index contributed by atoms with van der Waals surface area (Å²) in [5.41, 5.74) is 0.840. The van der Waals surface area contributed by atoms with Crippen LogP contribution in [0.4, 0.5) is 0 Å². The average Bonchev–Trinajstić information content (AvgIpc) is 2.86. The first-order valence-corrected chi connectivity index (χ1v) is 13.3. The molecule has 35 heavy (non-hydrogen) atoms. The molecule has 2 aromatic carbocycles. The fourth-order valence-corrected chi connectivity index (χ4v) is 3.47. The van der Waals surface area contributed by atoms with Crippen LogP contribution in [-0.2, 0) is 39.3 Å². The molecule has 0 aliphatic carbocycles. The van der Waals surface area contributed by atoms with Gasteiger partial charge in [-0.15, -0.1) is 0 Å². The molecular weight excluding hydrogens is 532 g/mol. The van der Waals surface area contributed by atoms with Gasteiger partial charge in [0.2, 0.25) is 0 Å². The van der Waals surface area contributed by atoms with Gasteiger partial charge < -0.3 is 19.8 Å². The van der Waals surface area contributed by atoms with Crippen LogP contribution in [0.2, 0.25) is 0 Å².